The number of hydrogen-bond acceptors (Lipinski definition) is 5. The molecule has 2 aromatic rings. The van der Waals surface area contributed by atoms with Crippen molar-refractivity contribution in [1.29, 1.82) is 0 Å². The summed E-state index contributed by atoms with van der Waals surface area (Å²) < 4.78 is 10.0. The maximum absolute atomic E-state index is 12.1. The van der Waals surface area contributed by atoms with Gasteiger partial charge in [0.1, 0.15) is 5.75 Å². The van der Waals surface area contributed by atoms with Gasteiger partial charge in [0.05, 0.1) is 12.2 Å². The van der Waals surface area contributed by atoms with Crippen molar-refractivity contribution in [2.24, 2.45) is 0 Å². The molecule has 0 aromatic heterocycles. The molecule has 2 N–H and O–H groups in total. The van der Waals surface area contributed by atoms with Gasteiger partial charge in [-0.2, -0.15) is 0 Å². The lowest BCUT2D eigenvalue weighted by Gasteiger charge is -2.13. The summed E-state index contributed by atoms with van der Waals surface area (Å²) in [5.74, 6) is -0.737. The molecule has 2 aromatic carbocycles. The van der Waals surface area contributed by atoms with Crippen LogP contribution in [0.1, 0.15) is 17.3 Å². The number of aromatic hydroxyl groups is 1. The number of carbonyl (C=O) groups excluding carboxylic acids is 2. The first-order chi connectivity index (χ1) is 12.0. The third-order valence-corrected chi connectivity index (χ3v) is 3.58. The minimum absolute atomic E-state index is 0.196. The van der Waals surface area contributed by atoms with Crippen molar-refractivity contribution in [3.8, 4) is 16.9 Å². The minimum atomic E-state index is -0.888. The molecule has 0 unspecified atom stereocenters. The van der Waals surface area contributed by atoms with Crippen molar-refractivity contribution in [2.45, 2.75) is 13.0 Å². The van der Waals surface area contributed by atoms with Crippen molar-refractivity contribution in [3.63, 3.8) is 0 Å². The Morgan fingerprint density at radius 2 is 1.60 bits per heavy atom. The second kappa shape index (κ2) is 8.84. The molecule has 0 spiro atoms. The van der Waals surface area contributed by atoms with E-state index in [0.717, 1.165) is 11.1 Å². The van der Waals surface area contributed by atoms with Crippen LogP contribution in [-0.4, -0.2) is 43.3 Å². The molecular weight excluding hydrogens is 322 g/mol. The van der Waals surface area contributed by atoms with Gasteiger partial charge in [0.25, 0.3) is 5.91 Å². The molecule has 1 amide bonds. The van der Waals surface area contributed by atoms with E-state index in [4.69, 9.17) is 9.47 Å². The zero-order chi connectivity index (χ0) is 18.2. The average molecular weight is 343 g/mol. The van der Waals surface area contributed by atoms with Gasteiger partial charge < -0.3 is 19.9 Å². The quantitative estimate of drug-likeness (QED) is 0.595. The Balaban J connectivity index is 1.95. The summed E-state index contributed by atoms with van der Waals surface area (Å²) in [5.41, 5.74) is 2.18. The Bertz CT molecular complexity index is 710. The van der Waals surface area contributed by atoms with E-state index in [1.807, 2.05) is 0 Å². The number of phenolic OH excluding ortho intramolecular Hbond substituents is 1. The summed E-state index contributed by atoms with van der Waals surface area (Å²) >= 11 is 0. The fraction of sp³-hybridized carbons (Fsp3) is 0.263. The molecule has 1 atom stereocenters. The first-order valence-corrected chi connectivity index (χ1v) is 7.88. The molecule has 2 rings (SSSR count). The van der Waals surface area contributed by atoms with E-state index >= 15 is 0 Å². The second-order valence-electron chi connectivity index (χ2n) is 5.46. The molecule has 132 valence electrons. The van der Waals surface area contributed by atoms with Gasteiger partial charge in [0, 0.05) is 13.7 Å². The highest BCUT2D eigenvalue weighted by atomic mass is 16.5. The summed E-state index contributed by atoms with van der Waals surface area (Å²) in [6.07, 6.45) is -0.888. The van der Waals surface area contributed by atoms with Crippen LogP contribution in [0.25, 0.3) is 11.1 Å². The Morgan fingerprint density at radius 3 is 2.16 bits per heavy atom. The van der Waals surface area contributed by atoms with Crippen molar-refractivity contribution in [2.75, 3.05) is 20.3 Å². The molecule has 0 saturated heterocycles. The van der Waals surface area contributed by atoms with Gasteiger partial charge in [0.2, 0.25) is 0 Å². The third-order valence-electron chi connectivity index (χ3n) is 3.58. The highest BCUT2D eigenvalue weighted by Gasteiger charge is 2.18. The molecule has 6 heteroatoms. The van der Waals surface area contributed by atoms with Crippen LogP contribution in [0.2, 0.25) is 0 Å². The fourth-order valence-corrected chi connectivity index (χ4v) is 2.15. The molecule has 6 nitrogen and oxygen atoms in total. The van der Waals surface area contributed by atoms with E-state index in [2.05, 4.69) is 5.32 Å². The number of ether oxygens (including phenoxy) is 2. The number of amides is 1. The first kappa shape index (κ1) is 18.5. The SMILES string of the molecule is COCCNC(=O)[C@@H](C)OC(=O)c1ccc(-c2ccc(O)cc2)cc1. The van der Waals surface area contributed by atoms with Crippen molar-refractivity contribution in [3.05, 3.63) is 54.1 Å². The van der Waals surface area contributed by atoms with Gasteiger partial charge in [-0.1, -0.05) is 24.3 Å². The smallest absolute Gasteiger partial charge is 0.338 e. The topological polar surface area (TPSA) is 84.9 Å². The third kappa shape index (κ3) is 5.32. The van der Waals surface area contributed by atoms with Crippen LogP contribution < -0.4 is 5.32 Å². The minimum Gasteiger partial charge on any atom is -0.508 e. The van der Waals surface area contributed by atoms with E-state index in [9.17, 15) is 14.7 Å². The number of methoxy groups -OCH3 is 1. The second-order valence-corrected chi connectivity index (χ2v) is 5.46. The Labute approximate surface area is 146 Å². The lowest BCUT2D eigenvalue weighted by atomic mass is 10.0. The van der Waals surface area contributed by atoms with Crippen LogP contribution in [0.5, 0.6) is 5.75 Å². The molecular formula is C19H21NO5. The van der Waals surface area contributed by atoms with Gasteiger partial charge in [-0.15, -0.1) is 0 Å². The monoisotopic (exact) mass is 343 g/mol. The molecule has 0 bridgehead atoms. The molecule has 0 heterocycles. The Morgan fingerprint density at radius 1 is 1.04 bits per heavy atom. The normalized spacial score (nSPS) is 11.6. The summed E-state index contributed by atoms with van der Waals surface area (Å²) in [5, 5.41) is 11.9. The van der Waals surface area contributed by atoms with Gasteiger partial charge in [0.15, 0.2) is 6.10 Å². The highest BCUT2D eigenvalue weighted by Crippen LogP contribution is 2.22. The zero-order valence-corrected chi connectivity index (χ0v) is 14.2. The molecule has 0 aliphatic rings. The van der Waals surface area contributed by atoms with Crippen LogP contribution in [-0.2, 0) is 14.3 Å². The molecule has 0 fully saturated rings. The number of phenols is 1. The molecule has 0 saturated carbocycles. The van der Waals surface area contributed by atoms with Gasteiger partial charge >= 0.3 is 5.97 Å². The number of nitrogens with one attached hydrogen (secondary N) is 1. The van der Waals surface area contributed by atoms with E-state index in [0.29, 0.717) is 18.7 Å². The summed E-state index contributed by atoms with van der Waals surface area (Å²) in [6, 6.07) is 13.6. The van der Waals surface area contributed by atoms with Gasteiger partial charge in [-0.25, -0.2) is 4.79 Å². The number of hydrogen-bond donors (Lipinski definition) is 2. The van der Waals surface area contributed by atoms with Crippen molar-refractivity contribution < 1.29 is 24.2 Å². The Kier molecular flexibility index (Phi) is 6.54. The van der Waals surface area contributed by atoms with Crippen molar-refractivity contribution in [1.82, 2.24) is 5.32 Å². The molecule has 25 heavy (non-hydrogen) atoms. The molecule has 0 aliphatic heterocycles. The maximum Gasteiger partial charge on any atom is 0.338 e. The molecule has 0 radical (unpaired) electrons. The van der Waals surface area contributed by atoms with Crippen molar-refractivity contribution >= 4 is 11.9 Å². The van der Waals surface area contributed by atoms with E-state index in [-0.39, 0.29) is 11.7 Å². The lowest BCUT2D eigenvalue weighted by Crippen LogP contribution is -2.37. The fourth-order valence-electron chi connectivity index (χ4n) is 2.15. The highest BCUT2D eigenvalue weighted by molar-refractivity contribution is 5.92. The van der Waals surface area contributed by atoms with E-state index in [1.54, 1.807) is 48.5 Å². The Hall–Kier alpha value is -2.86. The number of rotatable bonds is 7. The number of benzene rings is 2. The van der Waals surface area contributed by atoms with Gasteiger partial charge in [-0.3, -0.25) is 4.79 Å². The number of esters is 1. The number of carbonyl (C=O) groups is 2. The summed E-state index contributed by atoms with van der Waals surface area (Å²) in [4.78, 5) is 23.9. The van der Waals surface area contributed by atoms with Gasteiger partial charge in [-0.05, 0) is 42.3 Å². The van der Waals surface area contributed by atoms with Crippen LogP contribution in [0.15, 0.2) is 48.5 Å². The van der Waals surface area contributed by atoms with Crippen LogP contribution in [0.3, 0.4) is 0 Å². The van der Waals surface area contributed by atoms with E-state index in [1.165, 1.54) is 14.0 Å². The standard InChI is InChI=1S/C19H21NO5/c1-13(18(22)20-11-12-24-2)25-19(23)16-5-3-14(4-6-16)15-7-9-17(21)10-8-15/h3-10,13,21H,11-12H2,1-2H3,(H,20,22)/t13-/m1/s1. The lowest BCUT2D eigenvalue weighted by molar-refractivity contribution is -0.129. The van der Waals surface area contributed by atoms with E-state index < -0.39 is 12.1 Å². The maximum atomic E-state index is 12.1. The largest absolute Gasteiger partial charge is 0.508 e. The summed E-state index contributed by atoms with van der Waals surface area (Å²) in [6.45, 7) is 2.27. The predicted molar refractivity (Wildman–Crippen MR) is 93.3 cm³/mol. The van der Waals surface area contributed by atoms with Crippen LogP contribution >= 0.6 is 0 Å². The summed E-state index contributed by atoms with van der Waals surface area (Å²) in [7, 11) is 1.54. The average Bonchev–Trinajstić information content (AvgIpc) is 2.62. The molecule has 0 aliphatic carbocycles. The first-order valence-electron chi connectivity index (χ1n) is 7.88. The zero-order valence-electron chi connectivity index (χ0n) is 14.2. The van der Waals surface area contributed by atoms with Crippen LogP contribution in [0, 0.1) is 0 Å². The predicted octanol–water partition coefficient (Wildman–Crippen LogP) is 2.37. The van der Waals surface area contributed by atoms with Crippen LogP contribution in [0.4, 0.5) is 0 Å².